The van der Waals surface area contributed by atoms with Crippen molar-refractivity contribution in [3.05, 3.63) is 29.8 Å². The van der Waals surface area contributed by atoms with Gasteiger partial charge in [-0.3, -0.25) is 0 Å². The summed E-state index contributed by atoms with van der Waals surface area (Å²) < 4.78 is 0. The van der Waals surface area contributed by atoms with Gasteiger partial charge in [0.05, 0.1) is 12.1 Å². The highest BCUT2D eigenvalue weighted by atomic mass is 32.1. The normalized spacial score (nSPS) is 15.7. The van der Waals surface area contributed by atoms with E-state index in [-0.39, 0.29) is 6.04 Å². The van der Waals surface area contributed by atoms with Crippen LogP contribution in [0.3, 0.4) is 0 Å². The Labute approximate surface area is 77.8 Å². The number of nitrogens with two attached hydrogens (primary N) is 1. The highest BCUT2D eigenvalue weighted by Gasteiger charge is 2.10. The number of aliphatic hydroxyl groups excluding tert-OH is 1. The highest BCUT2D eigenvalue weighted by Crippen LogP contribution is 2.15. The molecule has 0 heterocycles. The molecule has 12 heavy (non-hydrogen) atoms. The van der Waals surface area contributed by atoms with Crippen molar-refractivity contribution >= 4 is 12.6 Å². The van der Waals surface area contributed by atoms with E-state index in [0.717, 1.165) is 10.5 Å². The van der Waals surface area contributed by atoms with Crippen molar-refractivity contribution in [2.45, 2.75) is 24.0 Å². The second-order valence-corrected chi connectivity index (χ2v) is 3.37. The predicted octanol–water partition coefficient (Wildman–Crippen LogP) is 1.36. The van der Waals surface area contributed by atoms with Gasteiger partial charge in [-0.05, 0) is 24.6 Å². The SMILES string of the molecule is C[C@H](O)[C@H](N)c1ccc(S)cc1. The first kappa shape index (κ1) is 9.58. The summed E-state index contributed by atoms with van der Waals surface area (Å²) in [5, 5.41) is 9.20. The van der Waals surface area contributed by atoms with Crippen molar-refractivity contribution in [1.29, 1.82) is 0 Å². The molecular formula is C9H13NOS. The van der Waals surface area contributed by atoms with Crippen LogP contribution in [0, 0.1) is 0 Å². The average molecular weight is 183 g/mol. The summed E-state index contributed by atoms with van der Waals surface area (Å²) in [4.78, 5) is 0.900. The molecule has 0 radical (unpaired) electrons. The molecule has 0 aliphatic heterocycles. The number of hydrogen-bond donors (Lipinski definition) is 3. The number of thiol groups is 1. The van der Waals surface area contributed by atoms with E-state index in [1.165, 1.54) is 0 Å². The lowest BCUT2D eigenvalue weighted by Gasteiger charge is -2.14. The van der Waals surface area contributed by atoms with E-state index in [1.54, 1.807) is 6.92 Å². The zero-order valence-corrected chi connectivity index (χ0v) is 7.83. The molecule has 0 aliphatic rings. The standard InChI is InChI=1S/C9H13NOS/c1-6(11)9(10)7-2-4-8(12)5-3-7/h2-6,9,11-12H,10H2,1H3/t6-,9-/m0/s1. The second-order valence-electron chi connectivity index (χ2n) is 2.86. The molecule has 0 spiro atoms. The summed E-state index contributed by atoms with van der Waals surface area (Å²) in [6.45, 7) is 1.68. The molecule has 0 amide bonds. The fraction of sp³-hybridized carbons (Fsp3) is 0.333. The number of hydrogen-bond acceptors (Lipinski definition) is 3. The van der Waals surface area contributed by atoms with E-state index in [1.807, 2.05) is 24.3 Å². The van der Waals surface area contributed by atoms with E-state index < -0.39 is 6.10 Å². The maximum absolute atomic E-state index is 9.20. The lowest BCUT2D eigenvalue weighted by atomic mass is 10.0. The zero-order valence-electron chi connectivity index (χ0n) is 6.94. The van der Waals surface area contributed by atoms with Gasteiger partial charge in [-0.15, -0.1) is 12.6 Å². The van der Waals surface area contributed by atoms with Crippen molar-refractivity contribution in [3.8, 4) is 0 Å². The van der Waals surface area contributed by atoms with E-state index in [9.17, 15) is 5.11 Å². The number of rotatable bonds is 2. The van der Waals surface area contributed by atoms with Gasteiger partial charge in [-0.25, -0.2) is 0 Å². The first-order valence-electron chi connectivity index (χ1n) is 3.84. The fourth-order valence-electron chi connectivity index (χ4n) is 0.975. The molecule has 1 aromatic rings. The van der Waals surface area contributed by atoms with E-state index in [2.05, 4.69) is 12.6 Å². The molecule has 0 bridgehead atoms. The monoisotopic (exact) mass is 183 g/mol. The van der Waals surface area contributed by atoms with Crippen LogP contribution < -0.4 is 5.73 Å². The minimum absolute atomic E-state index is 0.307. The Morgan fingerprint density at radius 3 is 2.25 bits per heavy atom. The van der Waals surface area contributed by atoms with Crippen molar-refractivity contribution < 1.29 is 5.11 Å². The third kappa shape index (κ3) is 2.24. The maximum Gasteiger partial charge on any atom is 0.0704 e. The first-order chi connectivity index (χ1) is 5.61. The van der Waals surface area contributed by atoms with Crippen LogP contribution in [0.5, 0.6) is 0 Å². The summed E-state index contributed by atoms with van der Waals surface area (Å²) in [5.74, 6) is 0. The summed E-state index contributed by atoms with van der Waals surface area (Å²) >= 11 is 4.15. The van der Waals surface area contributed by atoms with Gasteiger partial charge in [0.2, 0.25) is 0 Å². The van der Waals surface area contributed by atoms with Gasteiger partial charge in [-0.2, -0.15) is 0 Å². The largest absolute Gasteiger partial charge is 0.391 e. The van der Waals surface area contributed by atoms with Crippen molar-refractivity contribution in [2.24, 2.45) is 5.73 Å². The number of aliphatic hydroxyl groups is 1. The maximum atomic E-state index is 9.20. The Kier molecular flexibility index (Phi) is 3.14. The third-order valence-corrected chi connectivity index (χ3v) is 2.10. The van der Waals surface area contributed by atoms with Crippen LogP contribution in [0.15, 0.2) is 29.2 Å². The van der Waals surface area contributed by atoms with Crippen LogP contribution >= 0.6 is 12.6 Å². The molecule has 0 saturated heterocycles. The molecule has 2 atom stereocenters. The predicted molar refractivity (Wildman–Crippen MR) is 52.3 cm³/mol. The zero-order chi connectivity index (χ0) is 9.14. The summed E-state index contributed by atoms with van der Waals surface area (Å²) in [6.07, 6.45) is -0.518. The summed E-state index contributed by atoms with van der Waals surface area (Å²) in [7, 11) is 0. The second kappa shape index (κ2) is 3.94. The quantitative estimate of drug-likeness (QED) is 0.606. The van der Waals surface area contributed by atoms with Gasteiger partial charge in [-0.1, -0.05) is 12.1 Å². The van der Waals surface area contributed by atoms with Gasteiger partial charge in [0, 0.05) is 4.90 Å². The van der Waals surface area contributed by atoms with E-state index in [4.69, 9.17) is 5.73 Å². The van der Waals surface area contributed by atoms with Crippen molar-refractivity contribution in [3.63, 3.8) is 0 Å². The third-order valence-electron chi connectivity index (χ3n) is 1.80. The van der Waals surface area contributed by atoms with Crippen LogP contribution in [0.2, 0.25) is 0 Å². The lowest BCUT2D eigenvalue weighted by Crippen LogP contribution is -2.22. The smallest absolute Gasteiger partial charge is 0.0704 e. The molecule has 0 fully saturated rings. The van der Waals surface area contributed by atoms with E-state index >= 15 is 0 Å². The van der Waals surface area contributed by atoms with Crippen LogP contribution in [0.4, 0.5) is 0 Å². The Morgan fingerprint density at radius 1 is 1.33 bits per heavy atom. The van der Waals surface area contributed by atoms with E-state index in [0.29, 0.717) is 0 Å². The fourth-order valence-corrected chi connectivity index (χ4v) is 1.12. The van der Waals surface area contributed by atoms with Crippen molar-refractivity contribution in [2.75, 3.05) is 0 Å². The van der Waals surface area contributed by atoms with Gasteiger partial charge < -0.3 is 10.8 Å². The lowest BCUT2D eigenvalue weighted by molar-refractivity contribution is 0.164. The molecule has 0 saturated carbocycles. The van der Waals surface area contributed by atoms with Gasteiger partial charge in [0.25, 0.3) is 0 Å². The van der Waals surface area contributed by atoms with Gasteiger partial charge in [0.15, 0.2) is 0 Å². The topological polar surface area (TPSA) is 46.2 Å². The Morgan fingerprint density at radius 2 is 1.83 bits per heavy atom. The molecule has 3 N–H and O–H groups in total. The van der Waals surface area contributed by atoms with Crippen LogP contribution in [-0.2, 0) is 0 Å². The minimum Gasteiger partial charge on any atom is -0.391 e. The van der Waals surface area contributed by atoms with Gasteiger partial charge >= 0.3 is 0 Å². The first-order valence-corrected chi connectivity index (χ1v) is 4.28. The minimum atomic E-state index is -0.518. The Bertz CT molecular complexity index is 245. The summed E-state index contributed by atoms with van der Waals surface area (Å²) in [6, 6.07) is 7.17. The van der Waals surface area contributed by atoms with Crippen LogP contribution in [0.25, 0.3) is 0 Å². The Balaban J connectivity index is 2.82. The molecule has 0 aromatic heterocycles. The molecular weight excluding hydrogens is 170 g/mol. The molecule has 66 valence electrons. The molecule has 0 aliphatic carbocycles. The molecule has 0 unspecified atom stereocenters. The van der Waals surface area contributed by atoms with Crippen LogP contribution in [-0.4, -0.2) is 11.2 Å². The highest BCUT2D eigenvalue weighted by molar-refractivity contribution is 7.80. The summed E-state index contributed by atoms with van der Waals surface area (Å²) in [5.41, 5.74) is 6.65. The molecule has 1 rings (SSSR count). The van der Waals surface area contributed by atoms with Crippen molar-refractivity contribution in [1.82, 2.24) is 0 Å². The molecule has 3 heteroatoms. The molecule has 2 nitrogen and oxygen atoms in total. The van der Waals surface area contributed by atoms with Crippen LogP contribution in [0.1, 0.15) is 18.5 Å². The average Bonchev–Trinajstić information content (AvgIpc) is 2.04. The Hall–Kier alpha value is -0.510. The van der Waals surface area contributed by atoms with Gasteiger partial charge in [0.1, 0.15) is 0 Å². The molecule has 1 aromatic carbocycles. The number of benzene rings is 1.